The van der Waals surface area contributed by atoms with Crippen LogP contribution in [0.15, 0.2) is 12.7 Å². The van der Waals surface area contributed by atoms with E-state index in [4.69, 9.17) is 15.9 Å². The van der Waals surface area contributed by atoms with Gasteiger partial charge in [0, 0.05) is 6.08 Å². The summed E-state index contributed by atoms with van der Waals surface area (Å²) in [6.07, 6.45) is 4.87. The van der Waals surface area contributed by atoms with Crippen LogP contribution in [-0.4, -0.2) is 50.3 Å². The molecule has 7 nitrogen and oxygen atoms in total. The lowest BCUT2D eigenvalue weighted by atomic mass is 10.4. The molecule has 1 atom stereocenters. The van der Waals surface area contributed by atoms with Gasteiger partial charge in [0.05, 0.1) is 13.2 Å². The van der Waals surface area contributed by atoms with Crippen LogP contribution in [0.25, 0.3) is 0 Å². The molecule has 0 rings (SSSR count). The third-order valence-electron chi connectivity index (χ3n) is 1.88. The second kappa shape index (κ2) is 10.6. The molecule has 1 amide bonds. The van der Waals surface area contributed by atoms with Crippen LogP contribution in [-0.2, 0) is 28.6 Å². The summed E-state index contributed by atoms with van der Waals surface area (Å²) >= 11 is 0. The van der Waals surface area contributed by atoms with Crippen molar-refractivity contribution in [2.45, 2.75) is 13.0 Å². The van der Waals surface area contributed by atoms with Crippen molar-refractivity contribution in [2.75, 3.05) is 26.4 Å². The molecule has 110 valence electrons. The molecular formula is C13H17NO6. The molecular weight excluding hydrogens is 266 g/mol. The lowest BCUT2D eigenvalue weighted by Gasteiger charge is -2.11. The normalized spacial score (nSPS) is 10.8. The predicted molar refractivity (Wildman–Crippen MR) is 69.4 cm³/mol. The second-order valence-corrected chi connectivity index (χ2v) is 3.48. The summed E-state index contributed by atoms with van der Waals surface area (Å²) in [7, 11) is 0. The summed E-state index contributed by atoms with van der Waals surface area (Å²) in [5.74, 6) is 0.464. The topological polar surface area (TPSA) is 90.9 Å². The summed E-state index contributed by atoms with van der Waals surface area (Å²) in [5.41, 5.74) is 0. The highest BCUT2D eigenvalue weighted by Gasteiger charge is 2.17. The van der Waals surface area contributed by atoms with E-state index in [-0.39, 0.29) is 32.3 Å². The maximum absolute atomic E-state index is 11.3. The minimum Gasteiger partial charge on any atom is -0.461 e. The number of hydrogen-bond donors (Lipinski definition) is 1. The average Bonchev–Trinajstić information content (AvgIpc) is 2.44. The van der Waals surface area contributed by atoms with E-state index in [9.17, 15) is 14.4 Å². The molecule has 0 spiro atoms. The van der Waals surface area contributed by atoms with E-state index < -0.39 is 18.0 Å². The van der Waals surface area contributed by atoms with Crippen molar-refractivity contribution in [3.63, 3.8) is 0 Å². The smallest absolute Gasteiger partial charge is 0.347 e. The number of amides is 1. The Morgan fingerprint density at radius 3 is 2.70 bits per heavy atom. The largest absolute Gasteiger partial charge is 0.461 e. The molecule has 0 bridgehead atoms. The van der Waals surface area contributed by atoms with Crippen LogP contribution in [0.1, 0.15) is 6.92 Å². The minimum atomic E-state index is -1.03. The number of terminal acetylenes is 1. The summed E-state index contributed by atoms with van der Waals surface area (Å²) in [4.78, 5) is 33.2. The molecule has 0 radical (unpaired) electrons. The van der Waals surface area contributed by atoms with Gasteiger partial charge in [0.2, 0.25) is 5.91 Å². The van der Waals surface area contributed by atoms with Gasteiger partial charge in [0.25, 0.3) is 0 Å². The highest BCUT2D eigenvalue weighted by molar-refractivity contribution is 5.84. The Hall–Kier alpha value is -2.33. The summed E-state index contributed by atoms with van der Waals surface area (Å²) in [6.45, 7) is 4.50. The fourth-order valence-electron chi connectivity index (χ4n) is 0.955. The van der Waals surface area contributed by atoms with Gasteiger partial charge in [-0.05, 0) is 6.92 Å². The Kier molecular flexibility index (Phi) is 9.35. The fraction of sp³-hybridized carbons (Fsp3) is 0.462. The number of carbonyl (C=O) groups is 3. The summed E-state index contributed by atoms with van der Waals surface area (Å²) in [5, 5.41) is 2.40. The Morgan fingerprint density at radius 1 is 1.40 bits per heavy atom. The summed E-state index contributed by atoms with van der Waals surface area (Å²) in [6, 6.07) is 0. The minimum absolute atomic E-state index is 0.0390. The highest BCUT2D eigenvalue weighted by Crippen LogP contribution is 1.96. The Morgan fingerprint density at radius 2 is 2.10 bits per heavy atom. The van der Waals surface area contributed by atoms with Crippen LogP contribution < -0.4 is 5.32 Å². The van der Waals surface area contributed by atoms with Crippen LogP contribution >= 0.6 is 0 Å². The van der Waals surface area contributed by atoms with Gasteiger partial charge in [0.15, 0.2) is 6.10 Å². The van der Waals surface area contributed by atoms with Crippen LogP contribution in [0.5, 0.6) is 0 Å². The monoisotopic (exact) mass is 283 g/mol. The van der Waals surface area contributed by atoms with Crippen molar-refractivity contribution in [3.05, 3.63) is 12.7 Å². The van der Waals surface area contributed by atoms with Crippen molar-refractivity contribution < 1.29 is 28.6 Å². The van der Waals surface area contributed by atoms with E-state index in [0.717, 1.165) is 6.08 Å². The standard InChI is InChI=1S/C13H17NO6/c1-4-6-14-11(15)9-18-7-8-19-13(17)10(3)20-12(16)5-2/h1,5,10H,2,6-9H2,3H3,(H,14,15). The number of carbonyl (C=O) groups excluding carboxylic acids is 3. The average molecular weight is 283 g/mol. The number of nitrogens with one attached hydrogen (secondary N) is 1. The first-order chi connectivity index (χ1) is 9.51. The van der Waals surface area contributed by atoms with Crippen LogP contribution in [0.2, 0.25) is 0 Å². The van der Waals surface area contributed by atoms with Crippen molar-refractivity contribution in [1.82, 2.24) is 5.32 Å². The van der Waals surface area contributed by atoms with Gasteiger partial charge in [-0.3, -0.25) is 4.79 Å². The number of rotatable bonds is 9. The van der Waals surface area contributed by atoms with Gasteiger partial charge in [-0.2, -0.15) is 0 Å². The molecule has 0 aliphatic rings. The molecule has 1 unspecified atom stereocenters. The van der Waals surface area contributed by atoms with Crippen molar-refractivity contribution in [1.29, 1.82) is 0 Å². The lowest BCUT2D eigenvalue weighted by Crippen LogP contribution is -2.29. The zero-order chi connectivity index (χ0) is 15.4. The first-order valence-corrected chi connectivity index (χ1v) is 5.78. The SMILES string of the molecule is C#CCNC(=O)COCCOC(=O)C(C)OC(=O)C=C. The number of ether oxygens (including phenoxy) is 3. The first-order valence-electron chi connectivity index (χ1n) is 5.78. The molecule has 7 heteroatoms. The Balaban J connectivity index is 3.67. The van der Waals surface area contributed by atoms with E-state index >= 15 is 0 Å². The fourth-order valence-corrected chi connectivity index (χ4v) is 0.955. The van der Waals surface area contributed by atoms with Crippen LogP contribution in [0, 0.1) is 12.3 Å². The molecule has 0 fully saturated rings. The zero-order valence-electron chi connectivity index (χ0n) is 11.2. The molecule has 20 heavy (non-hydrogen) atoms. The van der Waals surface area contributed by atoms with Crippen LogP contribution in [0.4, 0.5) is 0 Å². The zero-order valence-corrected chi connectivity index (χ0v) is 11.2. The third kappa shape index (κ3) is 8.72. The van der Waals surface area contributed by atoms with Crippen LogP contribution in [0.3, 0.4) is 0 Å². The lowest BCUT2D eigenvalue weighted by molar-refractivity contribution is -0.164. The quantitative estimate of drug-likeness (QED) is 0.263. The van der Waals surface area contributed by atoms with Crippen molar-refractivity contribution in [3.8, 4) is 12.3 Å². The highest BCUT2D eigenvalue weighted by atomic mass is 16.6. The van der Waals surface area contributed by atoms with Gasteiger partial charge in [-0.25, -0.2) is 9.59 Å². The molecule has 1 N–H and O–H groups in total. The first kappa shape index (κ1) is 17.7. The molecule has 0 aromatic rings. The van der Waals surface area contributed by atoms with Crippen molar-refractivity contribution >= 4 is 17.8 Å². The van der Waals surface area contributed by atoms with E-state index in [2.05, 4.69) is 22.6 Å². The van der Waals surface area contributed by atoms with Crippen molar-refractivity contribution in [2.24, 2.45) is 0 Å². The second-order valence-electron chi connectivity index (χ2n) is 3.48. The van der Waals surface area contributed by atoms with Gasteiger partial charge < -0.3 is 19.5 Å². The number of hydrogen-bond acceptors (Lipinski definition) is 6. The van der Waals surface area contributed by atoms with Gasteiger partial charge >= 0.3 is 11.9 Å². The van der Waals surface area contributed by atoms with Gasteiger partial charge in [0.1, 0.15) is 13.2 Å². The molecule has 0 aliphatic carbocycles. The number of esters is 2. The predicted octanol–water partition coefficient (Wildman–Crippen LogP) is -0.587. The van der Waals surface area contributed by atoms with E-state index in [1.807, 2.05) is 0 Å². The Labute approximate surface area is 117 Å². The van der Waals surface area contributed by atoms with Gasteiger partial charge in [-0.15, -0.1) is 6.42 Å². The molecule has 0 heterocycles. The maximum atomic E-state index is 11.3. The van der Waals surface area contributed by atoms with E-state index in [1.165, 1.54) is 6.92 Å². The van der Waals surface area contributed by atoms with E-state index in [0.29, 0.717) is 0 Å². The summed E-state index contributed by atoms with van der Waals surface area (Å²) < 4.78 is 14.4. The molecule has 0 aromatic heterocycles. The Bertz CT molecular complexity index is 398. The molecule has 0 saturated carbocycles. The molecule has 0 aliphatic heterocycles. The maximum Gasteiger partial charge on any atom is 0.347 e. The van der Waals surface area contributed by atoms with Gasteiger partial charge in [-0.1, -0.05) is 12.5 Å². The third-order valence-corrected chi connectivity index (χ3v) is 1.88. The molecule has 0 aromatic carbocycles. The van der Waals surface area contributed by atoms with E-state index in [1.54, 1.807) is 0 Å². The molecule has 0 saturated heterocycles.